The fourth-order valence-electron chi connectivity index (χ4n) is 2.91. The maximum absolute atomic E-state index is 13.3. The smallest absolute Gasteiger partial charge is 0.252 e. The Bertz CT molecular complexity index is 769. The molecular formula is C19H25N3O6. The van der Waals surface area contributed by atoms with E-state index in [1.807, 2.05) is 0 Å². The molecule has 0 atom stereocenters. The van der Waals surface area contributed by atoms with Gasteiger partial charge in [0.2, 0.25) is 11.6 Å². The van der Waals surface area contributed by atoms with Crippen LogP contribution in [-0.2, 0) is 19.0 Å². The van der Waals surface area contributed by atoms with E-state index < -0.39 is 11.7 Å². The normalized spacial score (nSPS) is 13.6. The number of amides is 1. The van der Waals surface area contributed by atoms with Crippen LogP contribution in [0.4, 0.5) is 0 Å². The first-order valence-corrected chi connectivity index (χ1v) is 8.74. The van der Waals surface area contributed by atoms with E-state index in [0.717, 1.165) is 4.90 Å². The molecule has 0 unspecified atom stereocenters. The van der Waals surface area contributed by atoms with Crippen LogP contribution in [0.5, 0.6) is 0 Å². The zero-order valence-corrected chi connectivity index (χ0v) is 16.6. The van der Waals surface area contributed by atoms with E-state index in [2.05, 4.69) is 4.98 Å². The molecule has 0 aliphatic heterocycles. The third-order valence-corrected chi connectivity index (χ3v) is 4.35. The zero-order chi connectivity index (χ0) is 20.7. The van der Waals surface area contributed by atoms with Crippen LogP contribution in [-0.4, -0.2) is 93.5 Å². The van der Waals surface area contributed by atoms with Gasteiger partial charge in [-0.05, 0) is 12.1 Å². The minimum absolute atomic E-state index is 0.0227. The van der Waals surface area contributed by atoms with E-state index >= 15 is 0 Å². The van der Waals surface area contributed by atoms with E-state index in [1.54, 1.807) is 31.3 Å². The van der Waals surface area contributed by atoms with Gasteiger partial charge in [0.1, 0.15) is 23.7 Å². The number of ether oxygens (including phenoxy) is 3. The van der Waals surface area contributed by atoms with Gasteiger partial charge in [0.25, 0.3) is 5.91 Å². The summed E-state index contributed by atoms with van der Waals surface area (Å²) < 4.78 is 15.2. The predicted molar refractivity (Wildman–Crippen MR) is 99.9 cm³/mol. The van der Waals surface area contributed by atoms with Crippen molar-refractivity contribution in [1.29, 1.82) is 0 Å². The Morgan fingerprint density at radius 3 is 2.21 bits per heavy atom. The topological polar surface area (TPSA) is 98.3 Å². The number of aromatic nitrogens is 1. The summed E-state index contributed by atoms with van der Waals surface area (Å²) in [4.78, 5) is 45.8. The molecule has 0 radical (unpaired) electrons. The van der Waals surface area contributed by atoms with Gasteiger partial charge in [-0.25, -0.2) is 0 Å². The van der Waals surface area contributed by atoms with Gasteiger partial charge in [0.15, 0.2) is 0 Å². The maximum Gasteiger partial charge on any atom is 0.252 e. The lowest BCUT2D eigenvalue weighted by molar-refractivity contribution is -0.131. The van der Waals surface area contributed by atoms with Crippen LogP contribution in [0.2, 0.25) is 0 Å². The number of pyridine rings is 1. The van der Waals surface area contributed by atoms with Crippen LogP contribution >= 0.6 is 0 Å². The van der Waals surface area contributed by atoms with Crippen LogP contribution in [0, 0.1) is 0 Å². The highest BCUT2D eigenvalue weighted by Gasteiger charge is 2.39. The molecule has 9 nitrogen and oxygen atoms in total. The van der Waals surface area contributed by atoms with Crippen LogP contribution in [0.15, 0.2) is 29.7 Å². The van der Waals surface area contributed by atoms with Gasteiger partial charge in [0.05, 0.1) is 18.8 Å². The molecule has 152 valence electrons. The monoisotopic (exact) mass is 391 g/mol. The Labute approximate surface area is 163 Å². The minimum Gasteiger partial charge on any atom is -0.383 e. The first-order valence-electron chi connectivity index (χ1n) is 8.74. The summed E-state index contributed by atoms with van der Waals surface area (Å²) in [5.41, 5.74) is 0.345. The number of Topliss-reactive ketones (excluding diaryl/α,β-unsaturated/α-hetero) is 2. The van der Waals surface area contributed by atoms with Crippen molar-refractivity contribution >= 4 is 17.5 Å². The standard InChI is InChI=1S/C19H25N3O6/c1-21(14(23)12-28-4)16-17(22(8-10-26-2)9-11-27-3)18(24)13-6-5-7-20-15(13)19(16)25/h5-7H,8-12H2,1-4H3. The lowest BCUT2D eigenvalue weighted by Gasteiger charge is -2.33. The Kier molecular flexibility index (Phi) is 7.80. The molecule has 0 saturated heterocycles. The second-order valence-corrected chi connectivity index (χ2v) is 6.11. The number of carbonyl (C=O) groups excluding carboxylic acids is 3. The zero-order valence-electron chi connectivity index (χ0n) is 16.6. The van der Waals surface area contributed by atoms with Crippen molar-refractivity contribution in [3.8, 4) is 0 Å². The molecule has 0 fully saturated rings. The molecule has 1 aromatic heterocycles. The lowest BCUT2D eigenvalue weighted by atomic mass is 9.92. The average Bonchev–Trinajstić information content (AvgIpc) is 2.70. The molecular weight excluding hydrogens is 366 g/mol. The van der Waals surface area contributed by atoms with E-state index in [-0.39, 0.29) is 35.0 Å². The van der Waals surface area contributed by atoms with Crippen LogP contribution in [0.3, 0.4) is 0 Å². The molecule has 1 aliphatic carbocycles. The Morgan fingerprint density at radius 2 is 1.64 bits per heavy atom. The number of methoxy groups -OCH3 is 3. The van der Waals surface area contributed by atoms with Crippen molar-refractivity contribution in [2.75, 3.05) is 61.3 Å². The quantitative estimate of drug-likeness (QED) is 0.564. The number of carbonyl (C=O) groups is 3. The van der Waals surface area contributed by atoms with Gasteiger partial charge in [-0.1, -0.05) is 0 Å². The molecule has 9 heteroatoms. The van der Waals surface area contributed by atoms with Gasteiger partial charge in [-0.2, -0.15) is 0 Å². The Hall–Kier alpha value is -2.62. The van der Waals surface area contributed by atoms with Gasteiger partial charge in [0, 0.05) is 47.7 Å². The number of hydrogen-bond donors (Lipinski definition) is 0. The van der Waals surface area contributed by atoms with Crippen molar-refractivity contribution in [2.24, 2.45) is 0 Å². The summed E-state index contributed by atoms with van der Waals surface area (Å²) in [5.74, 6) is -1.31. The van der Waals surface area contributed by atoms with Crippen molar-refractivity contribution in [3.05, 3.63) is 41.0 Å². The molecule has 2 rings (SSSR count). The minimum atomic E-state index is -0.489. The summed E-state index contributed by atoms with van der Waals surface area (Å²) in [6.07, 6.45) is 1.44. The highest BCUT2D eigenvalue weighted by Crippen LogP contribution is 2.29. The lowest BCUT2D eigenvalue weighted by Crippen LogP contribution is -2.44. The Morgan fingerprint density at radius 1 is 1.00 bits per heavy atom. The summed E-state index contributed by atoms with van der Waals surface area (Å²) >= 11 is 0. The molecule has 1 aliphatic rings. The number of likely N-dealkylation sites (N-methyl/N-ethyl adjacent to an activating group) is 1. The summed E-state index contributed by atoms with van der Waals surface area (Å²) in [6, 6.07) is 3.15. The summed E-state index contributed by atoms with van der Waals surface area (Å²) in [5, 5.41) is 0. The number of ketones is 2. The molecule has 0 bridgehead atoms. The highest BCUT2D eigenvalue weighted by molar-refractivity contribution is 6.26. The average molecular weight is 391 g/mol. The Balaban J connectivity index is 2.61. The molecule has 0 saturated carbocycles. The van der Waals surface area contributed by atoms with Gasteiger partial charge in [-0.15, -0.1) is 0 Å². The number of nitrogens with zero attached hydrogens (tertiary/aromatic N) is 3. The second kappa shape index (κ2) is 10.1. The molecule has 1 heterocycles. The van der Waals surface area contributed by atoms with Gasteiger partial charge < -0.3 is 24.0 Å². The van der Waals surface area contributed by atoms with E-state index in [1.165, 1.54) is 20.4 Å². The summed E-state index contributed by atoms with van der Waals surface area (Å²) in [6.45, 7) is 1.13. The first kappa shape index (κ1) is 21.7. The molecule has 1 aromatic rings. The number of fused-ring (bicyclic) bond motifs is 1. The van der Waals surface area contributed by atoms with Gasteiger partial charge >= 0.3 is 0 Å². The third kappa shape index (κ3) is 4.44. The fraction of sp³-hybridized carbons (Fsp3) is 0.474. The van der Waals surface area contributed by atoms with E-state index in [9.17, 15) is 14.4 Å². The van der Waals surface area contributed by atoms with Crippen molar-refractivity contribution in [2.45, 2.75) is 0 Å². The molecule has 28 heavy (non-hydrogen) atoms. The molecule has 0 spiro atoms. The predicted octanol–water partition coefficient (Wildman–Crippen LogP) is 0.372. The van der Waals surface area contributed by atoms with Crippen molar-refractivity contribution in [3.63, 3.8) is 0 Å². The van der Waals surface area contributed by atoms with Crippen molar-refractivity contribution in [1.82, 2.24) is 14.8 Å². The maximum atomic E-state index is 13.3. The second-order valence-electron chi connectivity index (χ2n) is 6.11. The number of allylic oxidation sites excluding steroid dienone is 2. The van der Waals surface area contributed by atoms with Crippen LogP contribution in [0.25, 0.3) is 0 Å². The highest BCUT2D eigenvalue weighted by atomic mass is 16.5. The SMILES string of the molecule is COCCN(CCOC)C1=C(N(C)C(=O)COC)C(=O)c2ncccc2C1=O. The third-order valence-electron chi connectivity index (χ3n) is 4.35. The van der Waals surface area contributed by atoms with E-state index in [4.69, 9.17) is 14.2 Å². The van der Waals surface area contributed by atoms with E-state index in [0.29, 0.717) is 26.3 Å². The molecule has 0 aromatic carbocycles. The van der Waals surface area contributed by atoms with Crippen LogP contribution in [0.1, 0.15) is 20.8 Å². The van der Waals surface area contributed by atoms with Crippen LogP contribution < -0.4 is 0 Å². The summed E-state index contributed by atoms with van der Waals surface area (Å²) in [7, 11) is 5.92. The molecule has 1 amide bonds. The largest absolute Gasteiger partial charge is 0.383 e. The molecule has 0 N–H and O–H groups in total. The van der Waals surface area contributed by atoms with Gasteiger partial charge in [-0.3, -0.25) is 19.4 Å². The number of rotatable bonds is 10. The van der Waals surface area contributed by atoms with Crippen molar-refractivity contribution < 1.29 is 28.6 Å². The first-order chi connectivity index (χ1) is 13.5. The fourth-order valence-corrected chi connectivity index (χ4v) is 2.91. The number of hydrogen-bond acceptors (Lipinski definition) is 8.